The summed E-state index contributed by atoms with van der Waals surface area (Å²) in [5.41, 5.74) is 7.49. The Labute approximate surface area is 155 Å². The van der Waals surface area contributed by atoms with Crippen LogP contribution in [0.4, 0.5) is 10.1 Å². The number of benzene rings is 2. The van der Waals surface area contributed by atoms with Gasteiger partial charge in [0.1, 0.15) is 5.82 Å². The van der Waals surface area contributed by atoms with E-state index in [1.54, 1.807) is 18.2 Å². The van der Waals surface area contributed by atoms with Crippen LogP contribution in [0, 0.1) is 5.82 Å². The third-order valence-electron chi connectivity index (χ3n) is 4.84. The van der Waals surface area contributed by atoms with Crippen molar-refractivity contribution in [2.45, 2.75) is 31.2 Å². The van der Waals surface area contributed by atoms with Gasteiger partial charge in [0.15, 0.2) is 5.82 Å². The molecule has 0 radical (unpaired) electrons. The molecule has 1 saturated carbocycles. The van der Waals surface area contributed by atoms with Crippen LogP contribution in [0.5, 0.6) is 0 Å². The average molecular weight is 366 g/mol. The first-order chi connectivity index (χ1) is 13.0. The minimum Gasteiger partial charge on any atom is -0.334 e. The van der Waals surface area contributed by atoms with Crippen molar-refractivity contribution in [1.29, 1.82) is 0 Å². The second-order valence-corrected chi connectivity index (χ2v) is 6.83. The molecule has 3 N–H and O–H groups in total. The molecule has 1 aliphatic carbocycles. The molecule has 2 aromatic carbocycles. The second-order valence-electron chi connectivity index (χ2n) is 6.83. The summed E-state index contributed by atoms with van der Waals surface area (Å²) in [5, 5.41) is 6.84. The number of amides is 1. The van der Waals surface area contributed by atoms with Gasteiger partial charge in [0.2, 0.25) is 0 Å². The number of halogens is 1. The summed E-state index contributed by atoms with van der Waals surface area (Å²) < 4.78 is 18.4. The Balaban J connectivity index is 1.53. The summed E-state index contributed by atoms with van der Waals surface area (Å²) in [4.78, 5) is 16.8. The summed E-state index contributed by atoms with van der Waals surface area (Å²) in [6, 6.07) is 12.5. The summed E-state index contributed by atoms with van der Waals surface area (Å²) in [5.74, 6) is 0.168. The van der Waals surface area contributed by atoms with E-state index in [2.05, 4.69) is 15.5 Å². The van der Waals surface area contributed by atoms with E-state index in [1.165, 1.54) is 24.3 Å². The van der Waals surface area contributed by atoms with E-state index >= 15 is 0 Å². The lowest BCUT2D eigenvalue weighted by Crippen LogP contribution is -2.34. The molecule has 7 heteroatoms. The maximum atomic E-state index is 13.0. The Bertz CT molecular complexity index is 962. The largest absolute Gasteiger partial charge is 0.334 e. The predicted molar refractivity (Wildman–Crippen MR) is 98.4 cm³/mol. The molecule has 138 valence electrons. The molecular weight excluding hydrogens is 347 g/mol. The SMILES string of the molecule is NC1(c2noc(-c3cccc(NC(=O)c4ccc(F)cc4)c3)n2)CCCC1. The van der Waals surface area contributed by atoms with Crippen molar-refractivity contribution in [2.75, 3.05) is 5.32 Å². The van der Waals surface area contributed by atoms with Gasteiger partial charge in [-0.25, -0.2) is 4.39 Å². The summed E-state index contributed by atoms with van der Waals surface area (Å²) >= 11 is 0. The van der Waals surface area contributed by atoms with Gasteiger partial charge in [0.05, 0.1) is 5.54 Å². The van der Waals surface area contributed by atoms with Gasteiger partial charge in [0, 0.05) is 16.8 Å². The first kappa shape index (κ1) is 17.4. The van der Waals surface area contributed by atoms with Gasteiger partial charge in [-0.1, -0.05) is 24.1 Å². The summed E-state index contributed by atoms with van der Waals surface area (Å²) in [6.07, 6.45) is 3.82. The number of aromatic nitrogens is 2. The molecule has 0 saturated heterocycles. The fourth-order valence-electron chi connectivity index (χ4n) is 3.31. The van der Waals surface area contributed by atoms with Gasteiger partial charge in [-0.3, -0.25) is 4.79 Å². The van der Waals surface area contributed by atoms with Crippen LogP contribution in [0.2, 0.25) is 0 Å². The van der Waals surface area contributed by atoms with E-state index in [9.17, 15) is 9.18 Å². The molecule has 0 atom stereocenters. The number of rotatable bonds is 4. The molecule has 27 heavy (non-hydrogen) atoms. The first-order valence-corrected chi connectivity index (χ1v) is 8.84. The molecule has 1 aliphatic rings. The normalized spacial score (nSPS) is 15.6. The molecule has 0 unspecified atom stereocenters. The van der Waals surface area contributed by atoms with Crippen LogP contribution >= 0.6 is 0 Å². The molecule has 4 rings (SSSR count). The number of hydrogen-bond acceptors (Lipinski definition) is 5. The van der Waals surface area contributed by atoms with E-state index in [1.807, 2.05) is 6.07 Å². The van der Waals surface area contributed by atoms with Crippen LogP contribution < -0.4 is 11.1 Å². The Morgan fingerprint density at radius 3 is 2.63 bits per heavy atom. The first-order valence-electron chi connectivity index (χ1n) is 8.84. The highest BCUT2D eigenvalue weighted by molar-refractivity contribution is 6.04. The lowest BCUT2D eigenvalue weighted by atomic mass is 9.99. The lowest BCUT2D eigenvalue weighted by Gasteiger charge is -2.17. The zero-order chi connectivity index (χ0) is 18.9. The number of nitrogens with zero attached hydrogens (tertiary/aromatic N) is 2. The predicted octanol–water partition coefficient (Wildman–Crippen LogP) is 3.86. The zero-order valence-corrected chi connectivity index (χ0v) is 14.6. The molecule has 1 aromatic heterocycles. The smallest absolute Gasteiger partial charge is 0.258 e. The van der Waals surface area contributed by atoms with Crippen LogP contribution in [0.15, 0.2) is 53.1 Å². The molecule has 1 amide bonds. The molecule has 3 aromatic rings. The average Bonchev–Trinajstić information content (AvgIpc) is 3.33. The number of carbonyl (C=O) groups excluding carboxylic acids is 1. The topological polar surface area (TPSA) is 94.0 Å². The van der Waals surface area contributed by atoms with Crippen molar-refractivity contribution in [3.8, 4) is 11.5 Å². The summed E-state index contributed by atoms with van der Waals surface area (Å²) in [7, 11) is 0. The minimum atomic E-state index is -0.518. The van der Waals surface area contributed by atoms with Gasteiger partial charge in [0.25, 0.3) is 11.8 Å². The van der Waals surface area contributed by atoms with E-state index in [0.29, 0.717) is 28.5 Å². The van der Waals surface area contributed by atoms with E-state index in [4.69, 9.17) is 10.3 Å². The molecule has 1 fully saturated rings. The number of anilines is 1. The molecule has 6 nitrogen and oxygen atoms in total. The van der Waals surface area contributed by atoms with E-state index in [-0.39, 0.29) is 11.7 Å². The third-order valence-corrected chi connectivity index (χ3v) is 4.84. The van der Waals surface area contributed by atoms with Crippen LogP contribution in [-0.4, -0.2) is 16.0 Å². The Morgan fingerprint density at radius 1 is 1.15 bits per heavy atom. The van der Waals surface area contributed by atoms with E-state index in [0.717, 1.165) is 25.7 Å². The Hall–Kier alpha value is -3.06. The summed E-state index contributed by atoms with van der Waals surface area (Å²) in [6.45, 7) is 0. The number of carbonyl (C=O) groups is 1. The number of hydrogen-bond donors (Lipinski definition) is 2. The monoisotopic (exact) mass is 366 g/mol. The Morgan fingerprint density at radius 2 is 1.89 bits per heavy atom. The lowest BCUT2D eigenvalue weighted by molar-refractivity contribution is 0.102. The minimum absolute atomic E-state index is 0.328. The number of nitrogens with one attached hydrogen (secondary N) is 1. The van der Waals surface area contributed by atoms with Gasteiger partial charge in [-0.15, -0.1) is 0 Å². The quantitative estimate of drug-likeness (QED) is 0.731. The third kappa shape index (κ3) is 3.59. The van der Waals surface area contributed by atoms with Gasteiger partial charge in [-0.05, 0) is 55.3 Å². The molecule has 0 aliphatic heterocycles. The molecule has 1 heterocycles. The highest BCUT2D eigenvalue weighted by Gasteiger charge is 2.36. The second kappa shape index (κ2) is 6.92. The molecular formula is C20H19FN4O2. The maximum absolute atomic E-state index is 13.0. The van der Waals surface area contributed by atoms with Crippen LogP contribution in [0.1, 0.15) is 41.9 Å². The van der Waals surface area contributed by atoms with E-state index < -0.39 is 5.54 Å². The van der Waals surface area contributed by atoms with Crippen LogP contribution in [-0.2, 0) is 5.54 Å². The Kier molecular flexibility index (Phi) is 4.45. The van der Waals surface area contributed by atoms with Crippen molar-refractivity contribution < 1.29 is 13.7 Å². The van der Waals surface area contributed by atoms with Crippen molar-refractivity contribution >= 4 is 11.6 Å². The van der Waals surface area contributed by atoms with Gasteiger partial charge < -0.3 is 15.6 Å². The van der Waals surface area contributed by atoms with Gasteiger partial charge >= 0.3 is 0 Å². The highest BCUT2D eigenvalue weighted by atomic mass is 19.1. The molecule has 0 spiro atoms. The number of nitrogens with two attached hydrogens (primary N) is 1. The van der Waals surface area contributed by atoms with Crippen molar-refractivity contribution in [2.24, 2.45) is 5.73 Å². The van der Waals surface area contributed by atoms with Crippen molar-refractivity contribution in [3.05, 3.63) is 65.7 Å². The maximum Gasteiger partial charge on any atom is 0.258 e. The van der Waals surface area contributed by atoms with Crippen LogP contribution in [0.25, 0.3) is 11.5 Å². The fourth-order valence-corrected chi connectivity index (χ4v) is 3.31. The van der Waals surface area contributed by atoms with Crippen molar-refractivity contribution in [1.82, 2.24) is 10.1 Å². The standard InChI is InChI=1S/C20H19FN4O2/c21-15-8-6-13(7-9-15)17(26)23-16-5-3-4-14(12-16)18-24-19(25-27-18)20(22)10-1-2-11-20/h3-9,12H,1-2,10-11,22H2,(H,23,26). The zero-order valence-electron chi connectivity index (χ0n) is 14.6. The fraction of sp³-hybridized carbons (Fsp3) is 0.250. The molecule has 0 bridgehead atoms. The highest BCUT2D eigenvalue weighted by Crippen LogP contribution is 2.35. The van der Waals surface area contributed by atoms with Crippen LogP contribution in [0.3, 0.4) is 0 Å². The van der Waals surface area contributed by atoms with Gasteiger partial charge in [-0.2, -0.15) is 4.98 Å². The van der Waals surface area contributed by atoms with Crippen molar-refractivity contribution in [3.63, 3.8) is 0 Å².